The van der Waals surface area contributed by atoms with Crippen molar-refractivity contribution in [3.63, 3.8) is 0 Å². The molecule has 0 amide bonds. The van der Waals surface area contributed by atoms with Crippen LogP contribution in [0.1, 0.15) is 126 Å². The van der Waals surface area contributed by atoms with Crippen molar-refractivity contribution in [2.75, 3.05) is 0 Å². The van der Waals surface area contributed by atoms with Crippen LogP contribution in [-0.4, -0.2) is 9.52 Å². The zero-order chi connectivity index (χ0) is 34.1. The van der Waals surface area contributed by atoms with Gasteiger partial charge in [-0.25, -0.2) is 0 Å². The molecule has 0 nitrogen and oxygen atoms in total. The first-order valence-electron chi connectivity index (χ1n) is 17.8. The molecule has 0 aliphatic rings. The Morgan fingerprint density at radius 1 is 0.480 bits per heavy atom. The standard InChI is InChI=1S/2C17H23.C12H10Si.2CH3.Zr/c2*1-6-13-7-15-9-14(11(2)3)10-16(12(4)5)17(15)8-13;1-3-7-11(8-4-1)13-12-9-5-2-6-10-12;;;/h2*7-12H,6H2,1-5H3;1-10H;2*1H3;/q2*-1;;2*-1;+4. The predicted octanol–water partition coefficient (Wildman–Crippen LogP) is 13.0. The number of hydrogen-bond donors (Lipinski definition) is 0. The van der Waals surface area contributed by atoms with Crippen LogP contribution in [0.3, 0.4) is 0 Å². The molecular formula is C48H62SiZr. The van der Waals surface area contributed by atoms with Gasteiger partial charge in [-0.2, -0.15) is 12.1 Å². The quantitative estimate of drug-likeness (QED) is 0.107. The van der Waals surface area contributed by atoms with Crippen molar-refractivity contribution >= 4 is 41.4 Å². The van der Waals surface area contributed by atoms with Gasteiger partial charge >= 0.3 is 26.2 Å². The van der Waals surface area contributed by atoms with E-state index in [1.54, 1.807) is 0 Å². The first kappa shape index (κ1) is 45.2. The van der Waals surface area contributed by atoms with Crippen LogP contribution < -0.4 is 10.4 Å². The summed E-state index contributed by atoms with van der Waals surface area (Å²) in [6, 6.07) is 40.1. The first-order valence-corrected chi connectivity index (χ1v) is 18.8. The van der Waals surface area contributed by atoms with Crippen LogP contribution in [0.5, 0.6) is 0 Å². The topological polar surface area (TPSA) is 0 Å². The van der Waals surface area contributed by atoms with E-state index in [1.807, 2.05) is 0 Å². The molecule has 0 saturated carbocycles. The fourth-order valence-electron chi connectivity index (χ4n) is 6.11. The van der Waals surface area contributed by atoms with E-state index >= 15 is 0 Å². The zero-order valence-electron chi connectivity index (χ0n) is 33.1. The van der Waals surface area contributed by atoms with Gasteiger partial charge in [0.15, 0.2) is 0 Å². The number of aryl methyl sites for hydroxylation is 2. The van der Waals surface area contributed by atoms with Crippen molar-refractivity contribution in [1.29, 1.82) is 0 Å². The summed E-state index contributed by atoms with van der Waals surface area (Å²) in [5.74, 6) is 2.42. The monoisotopic (exact) mass is 756 g/mol. The Hall–Kier alpha value is -2.80. The Morgan fingerprint density at radius 2 is 0.820 bits per heavy atom. The number of rotatable bonds is 8. The molecule has 2 heteroatoms. The van der Waals surface area contributed by atoms with Gasteiger partial charge in [0.25, 0.3) is 0 Å². The molecule has 262 valence electrons. The van der Waals surface area contributed by atoms with Gasteiger partial charge in [0, 0.05) is 0 Å². The number of benzene rings is 4. The van der Waals surface area contributed by atoms with Crippen molar-refractivity contribution in [2.45, 2.75) is 106 Å². The average Bonchev–Trinajstić information content (AvgIpc) is 3.69. The summed E-state index contributed by atoms with van der Waals surface area (Å²) in [7, 11) is 0.777. The van der Waals surface area contributed by atoms with Gasteiger partial charge in [-0.3, -0.25) is 0 Å². The van der Waals surface area contributed by atoms with Crippen LogP contribution in [0.15, 0.2) is 109 Å². The summed E-state index contributed by atoms with van der Waals surface area (Å²) in [5.41, 5.74) is 8.87. The number of fused-ring (bicyclic) bond motifs is 2. The van der Waals surface area contributed by atoms with Gasteiger partial charge < -0.3 is 14.9 Å². The molecule has 0 spiro atoms. The maximum atomic E-state index is 2.40. The van der Waals surface area contributed by atoms with Gasteiger partial charge in [-0.1, -0.05) is 175 Å². The smallest absolute Gasteiger partial charge is 0.358 e. The summed E-state index contributed by atoms with van der Waals surface area (Å²) in [6.45, 7) is 22.7. The predicted molar refractivity (Wildman–Crippen MR) is 225 cm³/mol. The first-order chi connectivity index (χ1) is 22.5. The molecule has 0 bridgehead atoms. The minimum atomic E-state index is 0. The van der Waals surface area contributed by atoms with Crippen molar-refractivity contribution in [2.24, 2.45) is 0 Å². The minimum Gasteiger partial charge on any atom is -0.358 e. The van der Waals surface area contributed by atoms with E-state index in [0.717, 1.165) is 22.4 Å². The fraction of sp³-hybridized carbons (Fsp3) is 0.333. The van der Waals surface area contributed by atoms with E-state index in [2.05, 4.69) is 178 Å². The molecular weight excluding hydrogens is 696 g/mol. The molecule has 0 aliphatic carbocycles. The third-order valence-electron chi connectivity index (χ3n) is 9.10. The van der Waals surface area contributed by atoms with E-state index in [4.69, 9.17) is 0 Å². The summed E-state index contributed by atoms with van der Waals surface area (Å²) in [4.78, 5) is 0. The molecule has 0 saturated heterocycles. The van der Waals surface area contributed by atoms with E-state index in [-0.39, 0.29) is 41.1 Å². The third kappa shape index (κ3) is 12.2. The number of hydrogen-bond acceptors (Lipinski definition) is 0. The van der Waals surface area contributed by atoms with Crippen molar-refractivity contribution in [3.05, 3.63) is 157 Å². The molecule has 0 unspecified atom stereocenters. The second-order valence-electron chi connectivity index (χ2n) is 14.1. The normalized spacial score (nSPS) is 10.7. The third-order valence-corrected chi connectivity index (χ3v) is 10.3. The Morgan fingerprint density at radius 3 is 1.10 bits per heavy atom. The SMILES string of the molecule is CCc1cc2c(C(C)C)cc(C(C)C)cc2[cH-]1.CCc1cc2c(C(C)C)cc(C(C)C)cc2[cH-]1.[CH3-].[CH3-].[Zr+4].c1ccc([Si]c2ccccc2)cc1. The molecule has 6 aromatic carbocycles. The summed E-state index contributed by atoms with van der Waals surface area (Å²) >= 11 is 0. The van der Waals surface area contributed by atoms with Crippen LogP contribution in [0.25, 0.3) is 21.5 Å². The largest absolute Gasteiger partial charge is 4.00 e. The molecule has 6 rings (SSSR count). The molecule has 2 radical (unpaired) electrons. The van der Waals surface area contributed by atoms with E-state index in [1.165, 1.54) is 65.3 Å². The molecule has 0 atom stereocenters. The maximum absolute atomic E-state index is 2.40. The van der Waals surface area contributed by atoms with Crippen LogP contribution in [0.4, 0.5) is 0 Å². The fourth-order valence-corrected chi connectivity index (χ4v) is 7.16. The van der Waals surface area contributed by atoms with Crippen molar-refractivity contribution < 1.29 is 26.2 Å². The van der Waals surface area contributed by atoms with E-state index in [0.29, 0.717) is 23.7 Å². The molecule has 0 aromatic heterocycles. The molecule has 0 fully saturated rings. The Labute approximate surface area is 328 Å². The summed E-state index contributed by atoms with van der Waals surface area (Å²) < 4.78 is 0. The maximum Gasteiger partial charge on any atom is 4.00 e. The van der Waals surface area contributed by atoms with Gasteiger partial charge in [-0.15, -0.1) is 56.9 Å². The van der Waals surface area contributed by atoms with Gasteiger partial charge in [-0.05, 0) is 36.5 Å². The second kappa shape index (κ2) is 21.5. The second-order valence-corrected chi connectivity index (χ2v) is 15.5. The van der Waals surface area contributed by atoms with E-state index in [9.17, 15) is 0 Å². The zero-order valence-corrected chi connectivity index (χ0v) is 36.6. The van der Waals surface area contributed by atoms with Crippen molar-refractivity contribution in [1.82, 2.24) is 0 Å². The van der Waals surface area contributed by atoms with Crippen molar-refractivity contribution in [3.8, 4) is 0 Å². The molecule has 50 heavy (non-hydrogen) atoms. The van der Waals surface area contributed by atoms with Gasteiger partial charge in [0.1, 0.15) is 9.52 Å². The van der Waals surface area contributed by atoms with Crippen LogP contribution in [0, 0.1) is 14.9 Å². The molecule has 0 heterocycles. The average molecular weight is 758 g/mol. The van der Waals surface area contributed by atoms with Gasteiger partial charge in [0.2, 0.25) is 0 Å². The van der Waals surface area contributed by atoms with Crippen LogP contribution >= 0.6 is 0 Å². The molecule has 0 N–H and O–H groups in total. The summed E-state index contributed by atoms with van der Waals surface area (Å²) in [5, 5.41) is 8.57. The Kier molecular flexibility index (Phi) is 19.5. The Bertz CT molecular complexity index is 1680. The van der Waals surface area contributed by atoms with E-state index < -0.39 is 0 Å². The Balaban J connectivity index is 0.000000367. The minimum absolute atomic E-state index is 0. The molecule has 6 aromatic rings. The molecule has 0 aliphatic heterocycles. The van der Waals surface area contributed by atoms with Crippen LogP contribution in [0.2, 0.25) is 0 Å². The van der Waals surface area contributed by atoms with Gasteiger partial charge in [0.05, 0.1) is 0 Å². The summed E-state index contributed by atoms with van der Waals surface area (Å²) in [6.07, 6.45) is 2.26. The van der Waals surface area contributed by atoms with Crippen LogP contribution in [-0.2, 0) is 39.0 Å².